The Morgan fingerprint density at radius 2 is 2.19 bits per heavy atom. The number of anilines is 1. The van der Waals surface area contributed by atoms with Crippen LogP contribution in [0.15, 0.2) is 12.3 Å². The van der Waals surface area contributed by atoms with Crippen LogP contribution in [0.25, 0.3) is 0 Å². The molecule has 4 heteroatoms. The van der Waals surface area contributed by atoms with Crippen molar-refractivity contribution >= 4 is 17.4 Å². The number of hydrogen-bond acceptors (Lipinski definition) is 2. The van der Waals surface area contributed by atoms with E-state index < -0.39 is 0 Å². The zero-order valence-electron chi connectivity index (χ0n) is 10.0. The second-order valence-corrected chi connectivity index (χ2v) is 4.44. The summed E-state index contributed by atoms with van der Waals surface area (Å²) in [6.45, 7) is 7.74. The molecule has 0 unspecified atom stereocenters. The normalized spacial score (nSPS) is 10.9. The Hall–Kier alpha value is -0.830. The van der Waals surface area contributed by atoms with Crippen LogP contribution < -0.4 is 4.90 Å². The van der Waals surface area contributed by atoms with Gasteiger partial charge in [0.05, 0.1) is 5.88 Å². The van der Waals surface area contributed by atoms with Crippen molar-refractivity contribution in [2.24, 2.45) is 5.92 Å². The minimum atomic E-state index is -0.292. The predicted octanol–water partition coefficient (Wildman–Crippen LogP) is 3.44. The van der Waals surface area contributed by atoms with E-state index in [1.165, 1.54) is 0 Å². The van der Waals surface area contributed by atoms with E-state index in [-0.39, 0.29) is 11.7 Å². The zero-order valence-corrected chi connectivity index (χ0v) is 10.8. The second-order valence-electron chi connectivity index (χ2n) is 4.17. The first-order chi connectivity index (χ1) is 7.60. The highest BCUT2D eigenvalue weighted by Gasteiger charge is 2.15. The van der Waals surface area contributed by atoms with E-state index in [0.29, 0.717) is 17.3 Å². The molecule has 0 aromatic carbocycles. The van der Waals surface area contributed by atoms with Gasteiger partial charge >= 0.3 is 0 Å². The molecule has 1 aromatic rings. The molecule has 1 aromatic heterocycles. The summed E-state index contributed by atoms with van der Waals surface area (Å²) in [6.07, 6.45) is 1.61. The molecule has 1 heterocycles. The number of rotatable bonds is 5. The van der Waals surface area contributed by atoms with Gasteiger partial charge in [-0.05, 0) is 18.9 Å². The van der Waals surface area contributed by atoms with Crippen LogP contribution >= 0.6 is 11.6 Å². The van der Waals surface area contributed by atoms with E-state index in [0.717, 1.165) is 13.1 Å². The molecule has 16 heavy (non-hydrogen) atoms. The van der Waals surface area contributed by atoms with Crippen molar-refractivity contribution < 1.29 is 4.39 Å². The lowest BCUT2D eigenvalue weighted by Gasteiger charge is -2.24. The molecule has 0 saturated heterocycles. The Bertz CT molecular complexity index is 342. The molecule has 0 N–H and O–H groups in total. The standard InChI is InChI=1S/C12H18ClFN2/c1-4-16(8-9(2)3)12-11(14)10(7-13)5-6-15-12/h5-6,9H,4,7-8H2,1-3H3. The fraction of sp³-hybridized carbons (Fsp3) is 0.583. The molecule has 90 valence electrons. The van der Waals surface area contributed by atoms with Gasteiger partial charge in [-0.1, -0.05) is 13.8 Å². The smallest absolute Gasteiger partial charge is 0.170 e. The lowest BCUT2D eigenvalue weighted by molar-refractivity contribution is 0.572. The Labute approximate surface area is 101 Å². The lowest BCUT2D eigenvalue weighted by atomic mass is 10.2. The van der Waals surface area contributed by atoms with Crippen molar-refractivity contribution in [2.45, 2.75) is 26.7 Å². The summed E-state index contributed by atoms with van der Waals surface area (Å²) in [5.41, 5.74) is 0.508. The molecule has 0 saturated carbocycles. The first kappa shape index (κ1) is 13.2. The summed E-state index contributed by atoms with van der Waals surface area (Å²) in [4.78, 5) is 6.04. The van der Waals surface area contributed by atoms with Gasteiger partial charge in [0.2, 0.25) is 0 Å². The van der Waals surface area contributed by atoms with E-state index in [2.05, 4.69) is 18.8 Å². The van der Waals surface area contributed by atoms with Gasteiger partial charge < -0.3 is 4.90 Å². The molecule has 0 atom stereocenters. The number of pyridine rings is 1. The van der Waals surface area contributed by atoms with Crippen LogP contribution in [-0.2, 0) is 5.88 Å². The highest BCUT2D eigenvalue weighted by Crippen LogP contribution is 2.21. The molecule has 0 bridgehead atoms. The van der Waals surface area contributed by atoms with Gasteiger partial charge in [-0.3, -0.25) is 0 Å². The summed E-state index contributed by atoms with van der Waals surface area (Å²) >= 11 is 5.67. The zero-order chi connectivity index (χ0) is 12.1. The average Bonchev–Trinajstić information content (AvgIpc) is 2.26. The third-order valence-electron chi connectivity index (χ3n) is 2.36. The molecule has 2 nitrogen and oxygen atoms in total. The number of aromatic nitrogens is 1. The Morgan fingerprint density at radius 1 is 1.50 bits per heavy atom. The fourth-order valence-corrected chi connectivity index (χ4v) is 1.81. The third-order valence-corrected chi connectivity index (χ3v) is 2.65. The van der Waals surface area contributed by atoms with E-state index in [9.17, 15) is 4.39 Å². The van der Waals surface area contributed by atoms with E-state index in [1.54, 1.807) is 12.3 Å². The summed E-state index contributed by atoms with van der Waals surface area (Å²) in [7, 11) is 0. The van der Waals surface area contributed by atoms with Crippen molar-refractivity contribution in [3.63, 3.8) is 0 Å². The van der Waals surface area contributed by atoms with Crippen LogP contribution in [0.2, 0.25) is 0 Å². The molecule has 0 spiro atoms. The first-order valence-electron chi connectivity index (χ1n) is 5.54. The third kappa shape index (κ3) is 3.08. The molecule has 0 aliphatic carbocycles. The van der Waals surface area contributed by atoms with Gasteiger partial charge in [0.1, 0.15) is 0 Å². The highest BCUT2D eigenvalue weighted by molar-refractivity contribution is 6.17. The summed E-state index contributed by atoms with van der Waals surface area (Å²) in [6, 6.07) is 1.62. The SMILES string of the molecule is CCN(CC(C)C)c1nccc(CCl)c1F. The molecule has 0 aliphatic heterocycles. The van der Waals surface area contributed by atoms with Crippen LogP contribution in [0.3, 0.4) is 0 Å². The van der Waals surface area contributed by atoms with E-state index >= 15 is 0 Å². The number of halogens is 2. The van der Waals surface area contributed by atoms with Gasteiger partial charge in [0, 0.05) is 24.8 Å². The van der Waals surface area contributed by atoms with E-state index in [4.69, 9.17) is 11.6 Å². The average molecular weight is 245 g/mol. The largest absolute Gasteiger partial charge is 0.354 e. The van der Waals surface area contributed by atoms with Gasteiger partial charge in [-0.25, -0.2) is 9.37 Å². The van der Waals surface area contributed by atoms with Crippen molar-refractivity contribution in [3.8, 4) is 0 Å². The molecule has 1 rings (SSSR count). The van der Waals surface area contributed by atoms with Gasteiger partial charge in [0.15, 0.2) is 11.6 Å². The van der Waals surface area contributed by atoms with Gasteiger partial charge in [-0.15, -0.1) is 11.6 Å². The second kappa shape index (κ2) is 6.04. The maximum Gasteiger partial charge on any atom is 0.170 e. The van der Waals surface area contributed by atoms with Crippen LogP contribution in [0, 0.1) is 11.7 Å². The lowest BCUT2D eigenvalue weighted by Crippen LogP contribution is -2.29. The quantitative estimate of drug-likeness (QED) is 0.738. The maximum absolute atomic E-state index is 14.0. The van der Waals surface area contributed by atoms with E-state index in [1.807, 2.05) is 11.8 Å². The minimum Gasteiger partial charge on any atom is -0.354 e. The monoisotopic (exact) mass is 244 g/mol. The molecular formula is C12H18ClFN2. The minimum absolute atomic E-state index is 0.181. The summed E-state index contributed by atoms with van der Waals surface area (Å²) in [5.74, 6) is 0.774. The van der Waals surface area contributed by atoms with Crippen molar-refractivity contribution in [3.05, 3.63) is 23.6 Å². The van der Waals surface area contributed by atoms with Crippen LogP contribution in [0.1, 0.15) is 26.3 Å². The molecule has 0 radical (unpaired) electrons. The fourth-order valence-electron chi connectivity index (χ4n) is 1.60. The van der Waals surface area contributed by atoms with Crippen molar-refractivity contribution in [1.82, 2.24) is 4.98 Å². The first-order valence-corrected chi connectivity index (χ1v) is 6.07. The topological polar surface area (TPSA) is 16.1 Å². The Morgan fingerprint density at radius 3 is 2.69 bits per heavy atom. The Balaban J connectivity index is 3.00. The Kier molecular flexibility index (Phi) is 5.00. The summed E-state index contributed by atoms with van der Waals surface area (Å²) < 4.78 is 14.0. The summed E-state index contributed by atoms with van der Waals surface area (Å²) in [5, 5.41) is 0. The number of hydrogen-bond donors (Lipinski definition) is 0. The van der Waals surface area contributed by atoms with Crippen molar-refractivity contribution in [2.75, 3.05) is 18.0 Å². The van der Waals surface area contributed by atoms with Gasteiger partial charge in [0.25, 0.3) is 0 Å². The molecular weight excluding hydrogens is 227 g/mol. The van der Waals surface area contributed by atoms with Gasteiger partial charge in [-0.2, -0.15) is 0 Å². The molecule has 0 aliphatic rings. The van der Waals surface area contributed by atoms with Crippen LogP contribution in [0.4, 0.5) is 10.2 Å². The predicted molar refractivity (Wildman–Crippen MR) is 66.5 cm³/mol. The van der Waals surface area contributed by atoms with Crippen LogP contribution in [0.5, 0.6) is 0 Å². The number of alkyl halides is 1. The number of nitrogens with zero attached hydrogens (tertiary/aromatic N) is 2. The van der Waals surface area contributed by atoms with Crippen molar-refractivity contribution in [1.29, 1.82) is 0 Å². The molecule has 0 amide bonds. The highest BCUT2D eigenvalue weighted by atomic mass is 35.5. The van der Waals surface area contributed by atoms with Crippen LogP contribution in [-0.4, -0.2) is 18.1 Å². The maximum atomic E-state index is 14.0. The molecule has 0 fully saturated rings.